The van der Waals surface area contributed by atoms with Crippen LogP contribution in [0, 0.1) is 11.8 Å². The van der Waals surface area contributed by atoms with Crippen LogP contribution in [0.3, 0.4) is 0 Å². The van der Waals surface area contributed by atoms with Crippen molar-refractivity contribution in [3.63, 3.8) is 0 Å². The minimum atomic E-state index is -1.05. The molecule has 4 atom stereocenters. The summed E-state index contributed by atoms with van der Waals surface area (Å²) in [6.45, 7) is 14.5. The first-order valence-corrected chi connectivity index (χ1v) is 15.2. The van der Waals surface area contributed by atoms with Gasteiger partial charge in [0.2, 0.25) is 6.42 Å². The molecule has 4 heterocycles. The maximum Gasteiger partial charge on any atom is 0.232 e. The van der Waals surface area contributed by atoms with E-state index in [2.05, 4.69) is 63.1 Å². The fourth-order valence-corrected chi connectivity index (χ4v) is 9.27. The number of hydrogen-bond donors (Lipinski definition) is 0. The van der Waals surface area contributed by atoms with Crippen LogP contribution in [0.1, 0.15) is 152 Å². The van der Waals surface area contributed by atoms with Crippen LogP contribution in [0.2, 0.25) is 11.6 Å². The molecule has 2 aromatic heterocycles. The van der Waals surface area contributed by atoms with Crippen molar-refractivity contribution >= 4 is 6.42 Å². The molecule has 0 spiro atoms. The van der Waals surface area contributed by atoms with Gasteiger partial charge in [-0.3, -0.25) is 0 Å². The van der Waals surface area contributed by atoms with Crippen molar-refractivity contribution in [2.75, 3.05) is 0 Å². The average Bonchev–Trinajstić information content (AvgIpc) is 3.45. The molecule has 6 rings (SSSR count). The molecule has 0 aromatic carbocycles. The third-order valence-electron chi connectivity index (χ3n) is 11.3. The Kier molecular flexibility index (Phi) is 6.00. The van der Waals surface area contributed by atoms with E-state index in [1.165, 1.54) is 75.6 Å². The number of hydrogen-bond acceptors (Lipinski definition) is 2. The van der Waals surface area contributed by atoms with Gasteiger partial charge in [0.25, 0.3) is 0 Å². The van der Waals surface area contributed by atoms with Crippen molar-refractivity contribution < 1.29 is 0 Å². The SMILES string of the molecule is CC(C)[C@H]1CC[C@@H](C)c2cn([B-]3(n4cc5c(n4)[C@@H](C(C)C)CC[C@H]5C)C4CCCC3CCC4)nc21. The molecule has 2 aromatic rings. The molecule has 2 fully saturated rings. The quantitative estimate of drug-likeness (QED) is 0.417. The van der Waals surface area contributed by atoms with Gasteiger partial charge < -0.3 is 9.19 Å². The zero-order valence-corrected chi connectivity index (χ0v) is 23.2. The van der Waals surface area contributed by atoms with Crippen molar-refractivity contribution in [3.8, 4) is 0 Å². The summed E-state index contributed by atoms with van der Waals surface area (Å²) in [4.78, 5) is 0. The lowest BCUT2D eigenvalue weighted by Crippen LogP contribution is -2.62. The van der Waals surface area contributed by atoms with Gasteiger partial charge in [-0.2, -0.15) is 0 Å². The highest BCUT2D eigenvalue weighted by molar-refractivity contribution is 6.79. The topological polar surface area (TPSA) is 35.6 Å². The lowest BCUT2D eigenvalue weighted by atomic mass is 9.24. The minimum Gasteiger partial charge on any atom is -0.422 e. The normalized spacial score (nSPS) is 34.2. The van der Waals surface area contributed by atoms with Gasteiger partial charge in [0.1, 0.15) is 0 Å². The first kappa shape index (κ1) is 23.9. The van der Waals surface area contributed by atoms with Crippen LogP contribution in [-0.2, 0) is 0 Å². The van der Waals surface area contributed by atoms with E-state index < -0.39 is 6.42 Å². The maximum absolute atomic E-state index is 5.62. The Balaban J connectivity index is 1.55. The van der Waals surface area contributed by atoms with Crippen molar-refractivity contribution in [1.29, 1.82) is 0 Å². The standard InChI is InChI=1S/C30H48BN4/c1-19(2)25-15-13-21(5)27-17-34(32-29(25)27)31(23-9-7-10-24(31)12-8-11-23)35-18-28-22(6)14-16-26(20(3)4)30(28)33-35/h17-26H,7-16H2,1-6H3/q-1/t21-,22-,23?,24?,25-,26-/m1/s1. The van der Waals surface area contributed by atoms with E-state index in [0.717, 1.165) is 0 Å². The molecule has 2 bridgehead atoms. The van der Waals surface area contributed by atoms with E-state index in [-0.39, 0.29) is 0 Å². The van der Waals surface area contributed by atoms with Crippen LogP contribution in [0.25, 0.3) is 0 Å². The predicted molar refractivity (Wildman–Crippen MR) is 147 cm³/mol. The molecular formula is C30H48BN4-. The van der Waals surface area contributed by atoms with Crippen LogP contribution >= 0.6 is 0 Å². The van der Waals surface area contributed by atoms with Gasteiger partial charge >= 0.3 is 0 Å². The van der Waals surface area contributed by atoms with E-state index in [0.29, 0.717) is 47.1 Å². The first-order valence-electron chi connectivity index (χ1n) is 15.2. The third-order valence-corrected chi connectivity index (χ3v) is 11.3. The summed E-state index contributed by atoms with van der Waals surface area (Å²) in [6, 6.07) is 0. The molecule has 0 amide bonds. The van der Waals surface area contributed by atoms with Crippen LogP contribution < -0.4 is 0 Å². The zero-order valence-electron chi connectivity index (χ0n) is 23.2. The number of nitrogens with zero attached hydrogens (tertiary/aromatic N) is 4. The van der Waals surface area contributed by atoms with Crippen molar-refractivity contribution in [3.05, 3.63) is 34.9 Å². The molecule has 0 N–H and O–H groups in total. The largest absolute Gasteiger partial charge is 0.422 e. The van der Waals surface area contributed by atoms with Crippen LogP contribution in [0.5, 0.6) is 0 Å². The van der Waals surface area contributed by atoms with E-state index in [1.54, 1.807) is 11.1 Å². The van der Waals surface area contributed by atoms with Crippen molar-refractivity contribution in [1.82, 2.24) is 19.4 Å². The molecule has 4 nitrogen and oxygen atoms in total. The molecule has 192 valence electrons. The summed E-state index contributed by atoms with van der Waals surface area (Å²) in [5.74, 6) is 5.18. The Labute approximate surface area is 213 Å². The first-order chi connectivity index (χ1) is 16.8. The molecule has 0 radical (unpaired) electrons. The van der Waals surface area contributed by atoms with Crippen molar-refractivity contribution in [2.24, 2.45) is 11.8 Å². The van der Waals surface area contributed by atoms with Gasteiger partial charge in [-0.15, -0.1) is 11.6 Å². The van der Waals surface area contributed by atoms with E-state index in [1.807, 2.05) is 0 Å². The van der Waals surface area contributed by atoms with Crippen LogP contribution in [0.4, 0.5) is 0 Å². The minimum absolute atomic E-state index is 0.606. The molecule has 2 saturated heterocycles. The highest BCUT2D eigenvalue weighted by Gasteiger charge is 2.50. The molecule has 4 aliphatic rings. The van der Waals surface area contributed by atoms with E-state index >= 15 is 0 Å². The van der Waals surface area contributed by atoms with Crippen LogP contribution in [-0.4, -0.2) is 25.8 Å². The van der Waals surface area contributed by atoms with Gasteiger partial charge in [-0.25, -0.2) is 10.2 Å². The smallest absolute Gasteiger partial charge is 0.232 e. The Morgan fingerprint density at radius 1 is 0.657 bits per heavy atom. The molecule has 5 heteroatoms. The van der Waals surface area contributed by atoms with Gasteiger partial charge in [-0.1, -0.05) is 80.1 Å². The summed E-state index contributed by atoms with van der Waals surface area (Å²) in [5, 5.41) is 11.2. The van der Waals surface area contributed by atoms with Gasteiger partial charge in [0.15, 0.2) is 0 Å². The van der Waals surface area contributed by atoms with Gasteiger partial charge in [-0.05, 0) is 72.9 Å². The van der Waals surface area contributed by atoms with Crippen LogP contribution in [0.15, 0.2) is 12.4 Å². The summed E-state index contributed by atoms with van der Waals surface area (Å²) in [6.07, 6.45) is 17.4. The lowest BCUT2D eigenvalue weighted by molar-refractivity contribution is 0.390. The molecule has 35 heavy (non-hydrogen) atoms. The highest BCUT2D eigenvalue weighted by Crippen LogP contribution is 2.55. The molecule has 2 aliphatic heterocycles. The third kappa shape index (κ3) is 3.53. The average molecular weight is 476 g/mol. The fraction of sp³-hybridized carbons (Fsp3) is 0.800. The van der Waals surface area contributed by atoms with Gasteiger partial charge in [0.05, 0.1) is 11.4 Å². The Hall–Kier alpha value is -1.52. The van der Waals surface area contributed by atoms with Gasteiger partial charge in [0, 0.05) is 11.8 Å². The fourth-order valence-electron chi connectivity index (χ4n) is 9.27. The molecule has 2 aliphatic carbocycles. The van der Waals surface area contributed by atoms with E-state index in [9.17, 15) is 0 Å². The number of fused-ring (bicyclic) bond motifs is 4. The Morgan fingerprint density at radius 2 is 1.06 bits per heavy atom. The lowest BCUT2D eigenvalue weighted by Gasteiger charge is -2.58. The summed E-state index contributed by atoms with van der Waals surface area (Å²) in [7, 11) is 0. The second kappa shape index (κ2) is 8.80. The number of rotatable bonds is 4. The Morgan fingerprint density at radius 3 is 1.43 bits per heavy atom. The molecular weight excluding hydrogens is 427 g/mol. The summed E-state index contributed by atoms with van der Waals surface area (Å²) >= 11 is 0. The summed E-state index contributed by atoms with van der Waals surface area (Å²) < 4.78 is 5.14. The maximum atomic E-state index is 5.62. The summed E-state index contributed by atoms with van der Waals surface area (Å²) in [5.41, 5.74) is 5.94. The monoisotopic (exact) mass is 475 g/mol. The second-order valence-corrected chi connectivity index (χ2v) is 13.8. The van der Waals surface area contributed by atoms with E-state index in [4.69, 9.17) is 10.2 Å². The number of aromatic nitrogens is 4. The molecule has 0 saturated carbocycles. The Bertz CT molecular complexity index is 972. The second-order valence-electron chi connectivity index (χ2n) is 13.8. The van der Waals surface area contributed by atoms with Crippen molar-refractivity contribution in [2.45, 2.75) is 141 Å². The zero-order chi connectivity index (χ0) is 24.5. The predicted octanol–water partition coefficient (Wildman–Crippen LogP) is 8.30. The highest BCUT2D eigenvalue weighted by atomic mass is 15.4. The molecule has 0 unspecified atom stereocenters.